The molecule has 1 aliphatic rings. The summed E-state index contributed by atoms with van der Waals surface area (Å²) in [6, 6.07) is 0.0798. The van der Waals surface area contributed by atoms with Gasteiger partial charge in [-0.05, 0) is 25.5 Å². The second-order valence-corrected chi connectivity index (χ2v) is 7.95. The van der Waals surface area contributed by atoms with Crippen LogP contribution in [0.15, 0.2) is 0 Å². The zero-order chi connectivity index (χ0) is 11.3. The first-order chi connectivity index (χ1) is 7.03. The van der Waals surface area contributed by atoms with Gasteiger partial charge >= 0.3 is 0 Å². The second kappa shape index (κ2) is 6.11. The number of thioether (sulfide) groups is 1. The first-order valence-corrected chi connectivity index (χ1v) is 8.46. The second-order valence-electron chi connectivity index (χ2n) is 4.14. The van der Waals surface area contributed by atoms with Gasteiger partial charge in [-0.3, -0.25) is 0 Å². The van der Waals surface area contributed by atoms with E-state index in [1.807, 2.05) is 18.7 Å². The Hall–Kier alpha value is 0.260. The summed E-state index contributed by atoms with van der Waals surface area (Å²) in [6.07, 6.45) is 2.57. The van der Waals surface area contributed by atoms with Crippen LogP contribution in [0.25, 0.3) is 0 Å². The summed E-state index contributed by atoms with van der Waals surface area (Å²) < 4.78 is 22.7. The van der Waals surface area contributed by atoms with Crippen molar-refractivity contribution in [2.45, 2.75) is 38.0 Å². The summed E-state index contributed by atoms with van der Waals surface area (Å²) in [5.74, 6) is 1.77. The Bertz CT molecular complexity index is 271. The number of sulfone groups is 1. The Morgan fingerprint density at radius 3 is 2.80 bits per heavy atom. The van der Waals surface area contributed by atoms with E-state index in [1.165, 1.54) is 18.6 Å². The van der Waals surface area contributed by atoms with Crippen LogP contribution < -0.4 is 5.32 Å². The summed E-state index contributed by atoms with van der Waals surface area (Å²) in [5, 5.41) is 4.01. The van der Waals surface area contributed by atoms with Crippen LogP contribution in [0.3, 0.4) is 0 Å². The van der Waals surface area contributed by atoms with Gasteiger partial charge < -0.3 is 5.32 Å². The molecule has 2 unspecified atom stereocenters. The van der Waals surface area contributed by atoms with E-state index in [4.69, 9.17) is 0 Å². The molecule has 0 bridgehead atoms. The van der Waals surface area contributed by atoms with E-state index >= 15 is 0 Å². The van der Waals surface area contributed by atoms with E-state index in [9.17, 15) is 8.42 Å². The first-order valence-electron chi connectivity index (χ1n) is 5.59. The fourth-order valence-electron chi connectivity index (χ4n) is 1.70. The Kier molecular flexibility index (Phi) is 5.43. The van der Waals surface area contributed by atoms with Crippen LogP contribution in [-0.4, -0.2) is 43.5 Å². The van der Waals surface area contributed by atoms with Crippen molar-refractivity contribution < 1.29 is 8.42 Å². The molecule has 5 heteroatoms. The van der Waals surface area contributed by atoms with Gasteiger partial charge in [-0.1, -0.05) is 6.92 Å². The van der Waals surface area contributed by atoms with Gasteiger partial charge in [-0.25, -0.2) is 8.42 Å². The molecule has 3 nitrogen and oxygen atoms in total. The van der Waals surface area contributed by atoms with Crippen LogP contribution in [0.1, 0.15) is 26.7 Å². The molecule has 15 heavy (non-hydrogen) atoms. The molecular formula is C10H21NO2S2. The van der Waals surface area contributed by atoms with E-state index in [2.05, 4.69) is 5.32 Å². The van der Waals surface area contributed by atoms with Crippen molar-refractivity contribution in [3.05, 3.63) is 0 Å². The fraction of sp³-hybridized carbons (Fsp3) is 1.00. The Morgan fingerprint density at radius 2 is 2.27 bits per heavy atom. The largest absolute Gasteiger partial charge is 0.312 e. The van der Waals surface area contributed by atoms with Crippen molar-refractivity contribution in [2.75, 3.05) is 23.8 Å². The van der Waals surface area contributed by atoms with Crippen molar-refractivity contribution in [3.63, 3.8) is 0 Å². The predicted octanol–water partition coefficient (Wildman–Crippen LogP) is 1.29. The normalized spacial score (nSPS) is 24.3. The van der Waals surface area contributed by atoms with Crippen molar-refractivity contribution >= 4 is 21.6 Å². The summed E-state index contributed by atoms with van der Waals surface area (Å²) in [7, 11) is -2.83. The quantitative estimate of drug-likeness (QED) is 0.773. The minimum Gasteiger partial charge on any atom is -0.312 e. The highest BCUT2D eigenvalue weighted by Gasteiger charge is 2.18. The van der Waals surface area contributed by atoms with Crippen molar-refractivity contribution in [1.29, 1.82) is 0 Å². The third kappa shape index (κ3) is 5.22. The zero-order valence-corrected chi connectivity index (χ0v) is 11.2. The third-order valence-electron chi connectivity index (χ3n) is 2.66. The molecule has 0 saturated carbocycles. The highest BCUT2D eigenvalue weighted by molar-refractivity contribution is 8.00. The third-order valence-corrected chi connectivity index (χ3v) is 5.95. The number of hydrogen-bond donors (Lipinski definition) is 1. The maximum Gasteiger partial charge on any atom is 0.151 e. The molecule has 0 aliphatic carbocycles. The monoisotopic (exact) mass is 251 g/mol. The molecule has 0 aromatic rings. The minimum atomic E-state index is -2.83. The van der Waals surface area contributed by atoms with Gasteiger partial charge in [0.05, 0.1) is 5.75 Å². The summed E-state index contributed by atoms with van der Waals surface area (Å²) >= 11 is 2.00. The van der Waals surface area contributed by atoms with Crippen molar-refractivity contribution in [1.82, 2.24) is 5.32 Å². The molecule has 0 aromatic carbocycles. The summed E-state index contributed by atoms with van der Waals surface area (Å²) in [5.41, 5.74) is 0. The van der Waals surface area contributed by atoms with Gasteiger partial charge in [0.2, 0.25) is 0 Å². The van der Waals surface area contributed by atoms with E-state index in [1.54, 1.807) is 6.92 Å². The van der Waals surface area contributed by atoms with Crippen LogP contribution in [0, 0.1) is 0 Å². The lowest BCUT2D eigenvalue weighted by Gasteiger charge is -2.16. The molecular weight excluding hydrogens is 230 g/mol. The lowest BCUT2D eigenvalue weighted by Crippen LogP contribution is -2.37. The molecule has 90 valence electrons. The van der Waals surface area contributed by atoms with E-state index in [0.717, 1.165) is 6.54 Å². The molecule has 1 N–H and O–H groups in total. The fourth-order valence-corrected chi connectivity index (χ4v) is 4.03. The van der Waals surface area contributed by atoms with E-state index < -0.39 is 9.84 Å². The Labute approximate surface area is 97.3 Å². The number of hydrogen-bond acceptors (Lipinski definition) is 4. The van der Waals surface area contributed by atoms with Gasteiger partial charge in [-0.2, -0.15) is 11.8 Å². The SMILES string of the molecule is CCS(=O)(=O)CC(C)NCC1CCCS1. The Morgan fingerprint density at radius 1 is 1.53 bits per heavy atom. The Balaban J connectivity index is 2.20. The van der Waals surface area contributed by atoms with Crippen LogP contribution in [0.4, 0.5) is 0 Å². The average molecular weight is 251 g/mol. The molecule has 0 aromatic heterocycles. The van der Waals surface area contributed by atoms with Crippen molar-refractivity contribution in [3.8, 4) is 0 Å². The van der Waals surface area contributed by atoms with Crippen LogP contribution >= 0.6 is 11.8 Å². The first kappa shape index (κ1) is 13.3. The molecule has 1 saturated heterocycles. The maximum atomic E-state index is 11.4. The topological polar surface area (TPSA) is 46.2 Å². The smallest absolute Gasteiger partial charge is 0.151 e. The van der Waals surface area contributed by atoms with Gasteiger partial charge in [0.15, 0.2) is 9.84 Å². The number of nitrogens with one attached hydrogen (secondary N) is 1. The standard InChI is InChI=1S/C10H21NO2S2/c1-3-15(12,13)8-9(2)11-7-10-5-4-6-14-10/h9-11H,3-8H2,1-2H3. The highest BCUT2D eigenvalue weighted by Crippen LogP contribution is 2.25. The maximum absolute atomic E-state index is 11.4. The van der Waals surface area contributed by atoms with Crippen LogP contribution in [0.2, 0.25) is 0 Å². The van der Waals surface area contributed by atoms with Crippen molar-refractivity contribution in [2.24, 2.45) is 0 Å². The van der Waals surface area contributed by atoms with E-state index in [-0.39, 0.29) is 17.5 Å². The van der Waals surface area contributed by atoms with Gasteiger partial charge in [0, 0.05) is 23.6 Å². The van der Waals surface area contributed by atoms with Crippen LogP contribution in [0.5, 0.6) is 0 Å². The number of rotatable bonds is 6. The zero-order valence-electron chi connectivity index (χ0n) is 9.53. The summed E-state index contributed by atoms with van der Waals surface area (Å²) in [4.78, 5) is 0. The predicted molar refractivity (Wildman–Crippen MR) is 67.3 cm³/mol. The van der Waals surface area contributed by atoms with Gasteiger partial charge in [0.1, 0.15) is 0 Å². The molecule has 0 spiro atoms. The molecule has 1 heterocycles. The van der Waals surface area contributed by atoms with Gasteiger partial charge in [0.25, 0.3) is 0 Å². The van der Waals surface area contributed by atoms with E-state index in [0.29, 0.717) is 5.25 Å². The average Bonchev–Trinajstić information content (AvgIpc) is 2.66. The van der Waals surface area contributed by atoms with Gasteiger partial charge in [-0.15, -0.1) is 0 Å². The molecule has 2 atom stereocenters. The molecule has 1 rings (SSSR count). The molecule has 0 amide bonds. The molecule has 1 fully saturated rings. The lowest BCUT2D eigenvalue weighted by molar-refractivity contribution is 0.550. The minimum absolute atomic E-state index is 0.0798. The molecule has 1 aliphatic heterocycles. The lowest BCUT2D eigenvalue weighted by atomic mass is 10.2. The summed E-state index contributed by atoms with van der Waals surface area (Å²) in [6.45, 7) is 4.60. The van der Waals surface area contributed by atoms with Crippen LogP contribution in [-0.2, 0) is 9.84 Å². The highest BCUT2D eigenvalue weighted by atomic mass is 32.2. The molecule has 0 radical (unpaired) electrons.